The first-order valence-electron chi connectivity index (χ1n) is 10.8. The highest BCUT2D eigenvalue weighted by atomic mass is 19.1. The van der Waals surface area contributed by atoms with Crippen LogP contribution in [-0.2, 0) is 6.42 Å². The first-order valence-corrected chi connectivity index (χ1v) is 10.8. The summed E-state index contributed by atoms with van der Waals surface area (Å²) in [6, 6.07) is 18.5. The second kappa shape index (κ2) is 9.15. The number of benzene rings is 2. The smallest absolute Gasteiger partial charge is 0.282 e. The standard InChI is InChI=1S/C26H18FN7O2/c27-22-17(12-18-7-1-2-10-30-18)14-34(29)26(36)21(22)24-31-19-8-4-9-20(23(19)33-24)32-25(35)16-6-3-5-15(11-16)13-28/h1-11,14H,12,29H2,(H,31,33)(H,32,35). The van der Waals surface area contributed by atoms with E-state index in [1.54, 1.807) is 60.8 Å². The number of para-hydroxylation sites is 1. The highest BCUT2D eigenvalue weighted by Gasteiger charge is 2.21. The van der Waals surface area contributed by atoms with Crippen LogP contribution in [0.3, 0.4) is 0 Å². The summed E-state index contributed by atoms with van der Waals surface area (Å²) < 4.78 is 16.4. The highest BCUT2D eigenvalue weighted by molar-refractivity contribution is 6.08. The summed E-state index contributed by atoms with van der Waals surface area (Å²) in [5.41, 5.74) is 1.49. The molecule has 0 aliphatic carbocycles. The van der Waals surface area contributed by atoms with E-state index in [0.717, 1.165) is 4.68 Å². The number of aromatic nitrogens is 4. The molecule has 36 heavy (non-hydrogen) atoms. The molecule has 10 heteroatoms. The van der Waals surface area contributed by atoms with Crippen LogP contribution in [0.1, 0.15) is 27.2 Å². The molecular formula is C26H18FN7O2. The summed E-state index contributed by atoms with van der Waals surface area (Å²) in [6.45, 7) is 0. The lowest BCUT2D eigenvalue weighted by Gasteiger charge is -2.09. The van der Waals surface area contributed by atoms with E-state index >= 15 is 4.39 Å². The largest absolute Gasteiger partial charge is 0.338 e. The van der Waals surface area contributed by atoms with Crippen molar-refractivity contribution in [3.8, 4) is 17.5 Å². The molecule has 0 fully saturated rings. The van der Waals surface area contributed by atoms with Gasteiger partial charge in [0.15, 0.2) is 0 Å². The molecule has 5 aromatic rings. The van der Waals surface area contributed by atoms with Gasteiger partial charge in [-0.05, 0) is 42.5 Å². The molecule has 3 aromatic heterocycles. The zero-order chi connectivity index (χ0) is 25.2. The summed E-state index contributed by atoms with van der Waals surface area (Å²) in [7, 11) is 0. The van der Waals surface area contributed by atoms with Crippen LogP contribution in [0.4, 0.5) is 10.1 Å². The van der Waals surface area contributed by atoms with Crippen LogP contribution in [0.25, 0.3) is 22.4 Å². The van der Waals surface area contributed by atoms with Gasteiger partial charge in [-0.15, -0.1) is 0 Å². The molecule has 176 valence electrons. The SMILES string of the molecule is N#Cc1cccc(C(=O)Nc2cccc3[nH]c(-c4c(F)c(Cc5ccccn5)cn(N)c4=O)nc23)c1. The van der Waals surface area contributed by atoms with E-state index in [-0.39, 0.29) is 23.4 Å². The predicted octanol–water partition coefficient (Wildman–Crippen LogP) is 3.35. The van der Waals surface area contributed by atoms with Gasteiger partial charge in [0.1, 0.15) is 22.7 Å². The third-order valence-electron chi connectivity index (χ3n) is 5.59. The van der Waals surface area contributed by atoms with E-state index in [4.69, 9.17) is 11.1 Å². The van der Waals surface area contributed by atoms with Crippen LogP contribution < -0.4 is 16.7 Å². The van der Waals surface area contributed by atoms with Gasteiger partial charge in [-0.3, -0.25) is 14.6 Å². The van der Waals surface area contributed by atoms with E-state index in [0.29, 0.717) is 33.5 Å². The molecule has 9 nitrogen and oxygen atoms in total. The molecule has 0 saturated carbocycles. The number of rotatable bonds is 5. The van der Waals surface area contributed by atoms with Crippen molar-refractivity contribution in [3.63, 3.8) is 0 Å². The number of amides is 1. The lowest BCUT2D eigenvalue weighted by molar-refractivity contribution is 0.102. The van der Waals surface area contributed by atoms with Gasteiger partial charge in [-0.25, -0.2) is 14.1 Å². The summed E-state index contributed by atoms with van der Waals surface area (Å²) >= 11 is 0. The molecule has 0 aliphatic heterocycles. The first kappa shape index (κ1) is 22.5. The van der Waals surface area contributed by atoms with Gasteiger partial charge in [0.2, 0.25) is 0 Å². The number of nitrogens with zero attached hydrogens (tertiary/aromatic N) is 4. The monoisotopic (exact) mass is 479 g/mol. The number of halogens is 1. The molecule has 2 aromatic carbocycles. The fraction of sp³-hybridized carbons (Fsp3) is 0.0385. The second-order valence-corrected chi connectivity index (χ2v) is 7.99. The lowest BCUT2D eigenvalue weighted by Crippen LogP contribution is -2.30. The van der Waals surface area contributed by atoms with Gasteiger partial charge in [-0.1, -0.05) is 18.2 Å². The molecule has 0 bridgehead atoms. The average molecular weight is 479 g/mol. The number of carbonyl (C=O) groups excluding carboxylic acids is 1. The minimum atomic E-state index is -0.768. The van der Waals surface area contributed by atoms with Crippen molar-refractivity contribution < 1.29 is 9.18 Å². The molecule has 5 rings (SSSR count). The number of nitrogens with one attached hydrogen (secondary N) is 2. The number of anilines is 1. The van der Waals surface area contributed by atoms with Gasteiger partial charge in [0.05, 0.1) is 22.8 Å². The van der Waals surface area contributed by atoms with Crippen molar-refractivity contribution >= 4 is 22.6 Å². The van der Waals surface area contributed by atoms with Crippen LogP contribution >= 0.6 is 0 Å². The maximum Gasteiger partial charge on any atom is 0.282 e. The zero-order valence-electron chi connectivity index (χ0n) is 18.7. The molecule has 0 spiro atoms. The van der Waals surface area contributed by atoms with Crippen LogP contribution in [0.5, 0.6) is 0 Å². The zero-order valence-corrected chi connectivity index (χ0v) is 18.7. The summed E-state index contributed by atoms with van der Waals surface area (Å²) in [4.78, 5) is 37.2. The Morgan fingerprint density at radius 3 is 2.78 bits per heavy atom. The van der Waals surface area contributed by atoms with Gasteiger partial charge < -0.3 is 16.1 Å². The van der Waals surface area contributed by atoms with Gasteiger partial charge in [0.25, 0.3) is 11.5 Å². The molecule has 3 heterocycles. The lowest BCUT2D eigenvalue weighted by atomic mass is 10.1. The van der Waals surface area contributed by atoms with E-state index in [1.165, 1.54) is 12.3 Å². The molecule has 0 aliphatic rings. The number of imidazole rings is 1. The maximum atomic E-state index is 15.6. The number of nitrogens with two attached hydrogens (primary N) is 1. The van der Waals surface area contributed by atoms with Crippen molar-refractivity contribution in [1.29, 1.82) is 5.26 Å². The predicted molar refractivity (Wildman–Crippen MR) is 132 cm³/mol. The number of nitrogen functional groups attached to an aromatic ring is 1. The average Bonchev–Trinajstić information content (AvgIpc) is 3.33. The van der Waals surface area contributed by atoms with Crippen molar-refractivity contribution in [1.82, 2.24) is 19.6 Å². The number of nitriles is 1. The third kappa shape index (κ3) is 4.17. The van der Waals surface area contributed by atoms with Gasteiger partial charge >= 0.3 is 0 Å². The van der Waals surface area contributed by atoms with Gasteiger partial charge in [-0.2, -0.15) is 5.26 Å². The van der Waals surface area contributed by atoms with Crippen LogP contribution in [0.2, 0.25) is 0 Å². The summed E-state index contributed by atoms with van der Waals surface area (Å²) in [5.74, 6) is 4.62. The molecule has 0 saturated heterocycles. The minimum Gasteiger partial charge on any atom is -0.338 e. The van der Waals surface area contributed by atoms with Crippen LogP contribution in [0, 0.1) is 17.1 Å². The maximum absolute atomic E-state index is 15.6. The summed E-state index contributed by atoms with van der Waals surface area (Å²) in [5, 5.41) is 11.8. The van der Waals surface area contributed by atoms with Crippen LogP contribution in [-0.4, -0.2) is 25.5 Å². The first-order chi connectivity index (χ1) is 17.4. The Balaban J connectivity index is 1.55. The Hall–Kier alpha value is -5.30. The molecule has 0 radical (unpaired) electrons. The fourth-order valence-electron chi connectivity index (χ4n) is 3.87. The number of pyridine rings is 2. The Morgan fingerprint density at radius 2 is 2.00 bits per heavy atom. The van der Waals surface area contributed by atoms with Crippen molar-refractivity contribution in [3.05, 3.63) is 112 Å². The van der Waals surface area contributed by atoms with Gasteiger partial charge in [0, 0.05) is 35.6 Å². The number of fused-ring (bicyclic) bond motifs is 1. The quantitative estimate of drug-likeness (QED) is 0.330. The van der Waals surface area contributed by atoms with Crippen LogP contribution in [0.15, 0.2) is 77.9 Å². The Kier molecular flexibility index (Phi) is 5.72. The molecule has 4 N–H and O–H groups in total. The second-order valence-electron chi connectivity index (χ2n) is 7.99. The topological polar surface area (TPSA) is 142 Å². The molecular weight excluding hydrogens is 461 g/mol. The van der Waals surface area contributed by atoms with E-state index in [1.807, 2.05) is 6.07 Å². The highest BCUT2D eigenvalue weighted by Crippen LogP contribution is 2.27. The Bertz CT molecular complexity index is 1720. The third-order valence-corrected chi connectivity index (χ3v) is 5.59. The number of hydrogen-bond acceptors (Lipinski definition) is 6. The van der Waals surface area contributed by atoms with Crippen molar-refractivity contribution in [2.45, 2.75) is 6.42 Å². The number of aromatic amines is 1. The van der Waals surface area contributed by atoms with Crippen molar-refractivity contribution in [2.75, 3.05) is 11.2 Å². The number of H-pyrrole nitrogens is 1. The van der Waals surface area contributed by atoms with E-state index < -0.39 is 17.3 Å². The molecule has 1 amide bonds. The van der Waals surface area contributed by atoms with Crippen molar-refractivity contribution in [2.24, 2.45) is 0 Å². The normalized spacial score (nSPS) is 10.8. The minimum absolute atomic E-state index is 0.0252. The molecule has 0 unspecified atom stereocenters. The Morgan fingerprint density at radius 1 is 1.17 bits per heavy atom. The van der Waals surface area contributed by atoms with E-state index in [2.05, 4.69) is 20.3 Å². The fourth-order valence-corrected chi connectivity index (χ4v) is 3.87. The Labute approximate surface area is 203 Å². The van der Waals surface area contributed by atoms with E-state index in [9.17, 15) is 9.59 Å². The molecule has 0 atom stereocenters. The summed E-state index contributed by atoms with van der Waals surface area (Å²) in [6.07, 6.45) is 2.96. The number of carbonyl (C=O) groups is 1. The number of hydrogen-bond donors (Lipinski definition) is 3.